The van der Waals surface area contributed by atoms with Crippen molar-refractivity contribution in [1.82, 2.24) is 10.2 Å². The van der Waals surface area contributed by atoms with Crippen molar-refractivity contribution in [2.24, 2.45) is 0 Å². The van der Waals surface area contributed by atoms with E-state index in [0.29, 0.717) is 21.5 Å². The Bertz CT molecular complexity index is 682. The third-order valence-electron chi connectivity index (χ3n) is 3.36. The molecular weight excluding hydrogens is 373 g/mol. The van der Waals surface area contributed by atoms with Crippen molar-refractivity contribution in [2.75, 3.05) is 23.4 Å². The summed E-state index contributed by atoms with van der Waals surface area (Å²) in [5.41, 5.74) is -0.423. The van der Waals surface area contributed by atoms with E-state index in [1.54, 1.807) is 32.0 Å². The molecule has 1 aliphatic heterocycles. The minimum Gasteiger partial charge on any atom is -0.324 e. The third-order valence-corrected chi connectivity index (χ3v) is 5.12. The van der Waals surface area contributed by atoms with Gasteiger partial charge in [0, 0.05) is 12.3 Å². The van der Waals surface area contributed by atoms with E-state index in [1.807, 2.05) is 0 Å². The molecule has 1 saturated heterocycles. The Morgan fingerprint density at radius 3 is 2.67 bits per heavy atom. The fraction of sp³-hybridized carbons (Fsp3) is 0.400. The summed E-state index contributed by atoms with van der Waals surface area (Å²) in [6, 6.07) is 4.58. The molecule has 1 aromatic rings. The maximum Gasteiger partial charge on any atom is 0.325 e. The molecule has 0 radical (unpaired) electrons. The summed E-state index contributed by atoms with van der Waals surface area (Å²) in [6.07, 6.45) is 0. The predicted octanol–water partition coefficient (Wildman–Crippen LogP) is 3.00. The molecule has 2 N–H and O–H groups in total. The lowest BCUT2D eigenvalue weighted by Gasteiger charge is -2.15. The molecule has 0 saturated carbocycles. The summed E-state index contributed by atoms with van der Waals surface area (Å²) in [7, 11) is 0. The number of hydrogen-bond acceptors (Lipinski definition) is 4. The normalized spacial score (nSPS) is 16.2. The molecule has 1 aromatic carbocycles. The first-order chi connectivity index (χ1) is 11.2. The first kappa shape index (κ1) is 18.9. The van der Waals surface area contributed by atoms with E-state index >= 15 is 0 Å². The van der Waals surface area contributed by atoms with Crippen molar-refractivity contribution in [3.63, 3.8) is 0 Å². The van der Waals surface area contributed by atoms with Crippen molar-refractivity contribution >= 4 is 58.5 Å². The molecule has 0 aliphatic carbocycles. The van der Waals surface area contributed by atoms with Crippen LogP contribution in [-0.2, 0) is 9.59 Å². The number of hydrogen-bond donors (Lipinski definition) is 2. The minimum atomic E-state index is -0.873. The van der Waals surface area contributed by atoms with Crippen LogP contribution < -0.4 is 10.6 Å². The number of carbonyl (C=O) groups is 3. The van der Waals surface area contributed by atoms with E-state index in [2.05, 4.69) is 10.6 Å². The molecule has 6 nitrogen and oxygen atoms in total. The number of nitrogens with one attached hydrogen (secondary N) is 2. The number of carbonyl (C=O) groups excluding carboxylic acids is 3. The van der Waals surface area contributed by atoms with E-state index in [-0.39, 0.29) is 24.1 Å². The van der Waals surface area contributed by atoms with Gasteiger partial charge >= 0.3 is 6.03 Å². The van der Waals surface area contributed by atoms with Crippen LogP contribution in [0.3, 0.4) is 0 Å². The predicted molar refractivity (Wildman–Crippen MR) is 96.7 cm³/mol. The molecule has 24 heavy (non-hydrogen) atoms. The average molecular weight is 390 g/mol. The summed E-state index contributed by atoms with van der Waals surface area (Å²) in [6.45, 7) is 3.56. The summed E-state index contributed by atoms with van der Waals surface area (Å²) >= 11 is 13.2. The molecule has 4 amide bonds. The van der Waals surface area contributed by atoms with Gasteiger partial charge in [-0.05, 0) is 26.0 Å². The first-order valence-electron chi connectivity index (χ1n) is 7.18. The van der Waals surface area contributed by atoms with Crippen LogP contribution in [-0.4, -0.2) is 46.3 Å². The zero-order valence-electron chi connectivity index (χ0n) is 13.2. The Hall–Kier alpha value is -1.44. The zero-order chi connectivity index (χ0) is 17.9. The lowest BCUT2D eigenvalue weighted by Crippen LogP contribution is -2.40. The summed E-state index contributed by atoms with van der Waals surface area (Å²) in [4.78, 5) is 36.8. The fourth-order valence-corrected chi connectivity index (χ4v) is 3.19. The molecule has 130 valence electrons. The molecule has 0 atom stereocenters. The first-order valence-corrected chi connectivity index (χ1v) is 9.09. The number of urea groups is 1. The van der Waals surface area contributed by atoms with Gasteiger partial charge in [0.25, 0.3) is 5.91 Å². The lowest BCUT2D eigenvalue weighted by molar-refractivity contribution is -0.130. The van der Waals surface area contributed by atoms with Gasteiger partial charge in [-0.3, -0.25) is 14.5 Å². The highest BCUT2D eigenvalue weighted by Gasteiger charge is 2.43. The molecule has 0 aromatic heterocycles. The average Bonchev–Trinajstić information content (AvgIpc) is 2.69. The van der Waals surface area contributed by atoms with Gasteiger partial charge in [0.2, 0.25) is 5.91 Å². The number of halogens is 2. The number of benzene rings is 1. The molecule has 1 fully saturated rings. The molecule has 1 aliphatic rings. The van der Waals surface area contributed by atoms with E-state index in [4.69, 9.17) is 23.2 Å². The van der Waals surface area contributed by atoms with Crippen LogP contribution in [0.25, 0.3) is 0 Å². The highest BCUT2D eigenvalue weighted by atomic mass is 35.5. The number of rotatable bonds is 6. The monoisotopic (exact) mass is 389 g/mol. The Labute approximate surface area is 154 Å². The maximum absolute atomic E-state index is 12.0. The van der Waals surface area contributed by atoms with E-state index in [9.17, 15) is 14.4 Å². The summed E-state index contributed by atoms with van der Waals surface area (Å²) in [5.74, 6) is 0.145. The maximum atomic E-state index is 12.0. The lowest BCUT2D eigenvalue weighted by atomic mass is 10.1. The van der Waals surface area contributed by atoms with Gasteiger partial charge in [-0.15, -0.1) is 0 Å². The number of nitrogens with zero attached hydrogens (tertiary/aromatic N) is 1. The number of amides is 4. The van der Waals surface area contributed by atoms with Crippen LogP contribution in [0.2, 0.25) is 10.0 Å². The van der Waals surface area contributed by atoms with Gasteiger partial charge < -0.3 is 10.6 Å². The largest absolute Gasteiger partial charge is 0.325 e. The van der Waals surface area contributed by atoms with E-state index in [0.717, 1.165) is 0 Å². The Kier molecular flexibility index (Phi) is 6.01. The quantitative estimate of drug-likeness (QED) is 0.578. The third kappa shape index (κ3) is 4.34. The van der Waals surface area contributed by atoms with Crippen LogP contribution in [0.5, 0.6) is 0 Å². The zero-order valence-corrected chi connectivity index (χ0v) is 15.5. The van der Waals surface area contributed by atoms with Crippen molar-refractivity contribution in [2.45, 2.75) is 19.4 Å². The Balaban J connectivity index is 1.77. The Morgan fingerprint density at radius 1 is 1.33 bits per heavy atom. The van der Waals surface area contributed by atoms with Crippen molar-refractivity contribution < 1.29 is 14.4 Å². The second-order valence-electron chi connectivity index (χ2n) is 5.71. The van der Waals surface area contributed by atoms with Crippen LogP contribution in [0.15, 0.2) is 18.2 Å². The van der Waals surface area contributed by atoms with Gasteiger partial charge in [-0.1, -0.05) is 29.3 Å². The molecule has 2 rings (SSSR count). The Morgan fingerprint density at radius 2 is 2.04 bits per heavy atom. The smallest absolute Gasteiger partial charge is 0.324 e. The van der Waals surface area contributed by atoms with Gasteiger partial charge in [0.15, 0.2) is 0 Å². The molecule has 1 heterocycles. The highest BCUT2D eigenvalue weighted by molar-refractivity contribution is 7.99. The van der Waals surface area contributed by atoms with Gasteiger partial charge in [-0.2, -0.15) is 11.8 Å². The standard InChI is InChI=1S/C15H17Cl2N3O3S/c1-15(2)13(22)20(14(23)19-15)6-7-24-8-11(21)18-10-5-3-4-9(16)12(10)17/h3-5H,6-8H2,1-2H3,(H,18,21)(H,19,23). The van der Waals surface area contributed by atoms with E-state index < -0.39 is 11.6 Å². The molecule has 0 spiro atoms. The molecule has 0 bridgehead atoms. The van der Waals surface area contributed by atoms with Crippen molar-refractivity contribution in [3.05, 3.63) is 28.2 Å². The molecule has 9 heteroatoms. The van der Waals surface area contributed by atoms with Gasteiger partial charge in [-0.25, -0.2) is 4.79 Å². The number of anilines is 1. The minimum absolute atomic E-state index is 0.176. The highest BCUT2D eigenvalue weighted by Crippen LogP contribution is 2.29. The van der Waals surface area contributed by atoms with Crippen LogP contribution in [0, 0.1) is 0 Å². The fourth-order valence-electron chi connectivity index (χ4n) is 2.13. The molecule has 0 unspecified atom stereocenters. The SMILES string of the molecule is CC1(C)NC(=O)N(CCSCC(=O)Nc2cccc(Cl)c2Cl)C1=O. The van der Waals surface area contributed by atoms with Gasteiger partial charge in [0.05, 0.1) is 21.5 Å². The summed E-state index contributed by atoms with van der Waals surface area (Å²) < 4.78 is 0. The molecular formula is C15H17Cl2N3O3S. The van der Waals surface area contributed by atoms with Gasteiger partial charge in [0.1, 0.15) is 5.54 Å². The van der Waals surface area contributed by atoms with Crippen LogP contribution in [0.4, 0.5) is 10.5 Å². The van der Waals surface area contributed by atoms with Crippen molar-refractivity contribution in [1.29, 1.82) is 0 Å². The van der Waals surface area contributed by atoms with Crippen LogP contribution in [0.1, 0.15) is 13.8 Å². The summed E-state index contributed by atoms with van der Waals surface area (Å²) in [5, 5.41) is 5.94. The van der Waals surface area contributed by atoms with Crippen molar-refractivity contribution in [3.8, 4) is 0 Å². The van der Waals surface area contributed by atoms with Crippen LogP contribution >= 0.6 is 35.0 Å². The second-order valence-corrected chi connectivity index (χ2v) is 7.60. The number of imide groups is 1. The number of thioether (sulfide) groups is 1. The second kappa shape index (κ2) is 7.63. The van der Waals surface area contributed by atoms with E-state index in [1.165, 1.54) is 16.7 Å². The topological polar surface area (TPSA) is 78.5 Å².